The summed E-state index contributed by atoms with van der Waals surface area (Å²) in [6.07, 6.45) is 2.05. The zero-order chi connectivity index (χ0) is 15.4. The van der Waals surface area contributed by atoms with Gasteiger partial charge in [-0.1, -0.05) is 30.1 Å². The molecule has 0 unspecified atom stereocenters. The van der Waals surface area contributed by atoms with E-state index in [1.807, 2.05) is 0 Å². The number of halogens is 4. The van der Waals surface area contributed by atoms with Crippen LogP contribution in [0.15, 0.2) is 12.1 Å². The molecule has 1 aromatic carbocycles. The molecule has 3 nitrogen and oxygen atoms in total. The molecule has 0 radical (unpaired) electrons. The van der Waals surface area contributed by atoms with Gasteiger partial charge in [0.15, 0.2) is 5.75 Å². The third-order valence-electron chi connectivity index (χ3n) is 3.61. The van der Waals surface area contributed by atoms with Gasteiger partial charge in [0.1, 0.15) is 0 Å². The van der Waals surface area contributed by atoms with Crippen molar-refractivity contribution < 1.29 is 13.5 Å². The first-order valence-electron chi connectivity index (χ1n) is 6.92. The summed E-state index contributed by atoms with van der Waals surface area (Å²) in [7, 11) is 0. The average Bonchev–Trinajstić information content (AvgIpc) is 2.43. The molecule has 7 heteroatoms. The Bertz CT molecular complexity index is 457. The van der Waals surface area contributed by atoms with Crippen molar-refractivity contribution in [1.29, 1.82) is 0 Å². The van der Waals surface area contributed by atoms with Gasteiger partial charge in [-0.05, 0) is 31.5 Å². The van der Waals surface area contributed by atoms with E-state index in [-0.39, 0.29) is 15.8 Å². The van der Waals surface area contributed by atoms with Gasteiger partial charge in [0.05, 0.1) is 10.0 Å². The fourth-order valence-corrected chi connectivity index (χ4v) is 3.05. The molecular weight excluding hydrogens is 321 g/mol. The van der Waals surface area contributed by atoms with Gasteiger partial charge >= 0.3 is 6.61 Å². The SMILES string of the molecule is CCN1CCC(Nc2cc(Cl)c(OC(F)F)c(Cl)c2)CC1. The molecule has 0 amide bonds. The second-order valence-electron chi connectivity index (χ2n) is 5.00. The molecule has 1 aliphatic rings. The van der Waals surface area contributed by atoms with Crippen LogP contribution < -0.4 is 10.1 Å². The molecular formula is C14H18Cl2F2N2O. The molecule has 0 bridgehead atoms. The van der Waals surface area contributed by atoms with Crippen molar-refractivity contribution in [2.75, 3.05) is 25.0 Å². The average molecular weight is 339 g/mol. The number of alkyl halides is 2. The van der Waals surface area contributed by atoms with E-state index >= 15 is 0 Å². The van der Waals surface area contributed by atoms with E-state index in [1.54, 1.807) is 12.1 Å². The van der Waals surface area contributed by atoms with Gasteiger partial charge in [0.25, 0.3) is 0 Å². The van der Waals surface area contributed by atoms with Crippen LogP contribution in [0.1, 0.15) is 19.8 Å². The summed E-state index contributed by atoms with van der Waals surface area (Å²) < 4.78 is 28.8. The van der Waals surface area contributed by atoms with Crippen LogP contribution in [0.3, 0.4) is 0 Å². The minimum atomic E-state index is -2.95. The normalized spacial score (nSPS) is 17.2. The van der Waals surface area contributed by atoms with Crippen molar-refractivity contribution in [3.63, 3.8) is 0 Å². The maximum Gasteiger partial charge on any atom is 0.387 e. The number of hydrogen-bond acceptors (Lipinski definition) is 3. The number of nitrogens with one attached hydrogen (secondary N) is 1. The van der Waals surface area contributed by atoms with Crippen LogP contribution in [-0.4, -0.2) is 37.2 Å². The highest BCUT2D eigenvalue weighted by Crippen LogP contribution is 2.37. The molecule has 0 saturated carbocycles. The highest BCUT2D eigenvalue weighted by atomic mass is 35.5. The summed E-state index contributed by atoms with van der Waals surface area (Å²) in [4.78, 5) is 2.39. The minimum Gasteiger partial charge on any atom is -0.432 e. The molecule has 1 saturated heterocycles. The summed E-state index contributed by atoms with van der Waals surface area (Å²) in [6, 6.07) is 3.47. The van der Waals surface area contributed by atoms with E-state index < -0.39 is 6.61 Å². The van der Waals surface area contributed by atoms with Gasteiger partial charge in [-0.25, -0.2) is 0 Å². The first kappa shape index (κ1) is 16.6. The third-order valence-corrected chi connectivity index (χ3v) is 4.17. The number of ether oxygens (including phenoxy) is 1. The first-order valence-corrected chi connectivity index (χ1v) is 7.68. The maximum atomic E-state index is 12.3. The number of hydrogen-bond donors (Lipinski definition) is 1. The lowest BCUT2D eigenvalue weighted by Gasteiger charge is -2.32. The Morgan fingerprint density at radius 3 is 2.33 bits per heavy atom. The second kappa shape index (κ2) is 7.47. The van der Waals surface area contributed by atoms with Crippen molar-refractivity contribution in [3.8, 4) is 5.75 Å². The number of nitrogens with zero attached hydrogens (tertiary/aromatic N) is 1. The highest BCUT2D eigenvalue weighted by molar-refractivity contribution is 6.37. The Hall–Kier alpha value is -0.780. The maximum absolute atomic E-state index is 12.3. The number of benzene rings is 1. The molecule has 1 heterocycles. The van der Waals surface area contributed by atoms with E-state index in [0.29, 0.717) is 6.04 Å². The van der Waals surface area contributed by atoms with E-state index in [2.05, 4.69) is 21.9 Å². The van der Waals surface area contributed by atoms with Crippen LogP contribution in [0, 0.1) is 0 Å². The Kier molecular flexibility index (Phi) is 5.90. The molecule has 0 aliphatic carbocycles. The fraction of sp³-hybridized carbons (Fsp3) is 0.571. The zero-order valence-corrected chi connectivity index (χ0v) is 13.2. The van der Waals surface area contributed by atoms with Crippen LogP contribution >= 0.6 is 23.2 Å². The Balaban J connectivity index is 2.01. The minimum absolute atomic E-state index is 0.0799. The third kappa shape index (κ3) is 4.59. The summed E-state index contributed by atoms with van der Waals surface area (Å²) in [5, 5.41) is 3.51. The highest BCUT2D eigenvalue weighted by Gasteiger charge is 2.19. The lowest BCUT2D eigenvalue weighted by molar-refractivity contribution is -0.0497. The summed E-state index contributed by atoms with van der Waals surface area (Å²) in [6.45, 7) is 2.35. The Morgan fingerprint density at radius 1 is 1.29 bits per heavy atom. The van der Waals surface area contributed by atoms with Crippen molar-refractivity contribution in [3.05, 3.63) is 22.2 Å². The quantitative estimate of drug-likeness (QED) is 0.855. The topological polar surface area (TPSA) is 24.5 Å². The number of rotatable bonds is 5. The van der Waals surface area contributed by atoms with Crippen LogP contribution in [0.2, 0.25) is 10.0 Å². The lowest BCUT2D eigenvalue weighted by Crippen LogP contribution is -2.38. The first-order chi connectivity index (χ1) is 9.99. The van der Waals surface area contributed by atoms with Gasteiger partial charge in [-0.15, -0.1) is 0 Å². The van der Waals surface area contributed by atoms with Gasteiger partial charge < -0.3 is 15.0 Å². The smallest absolute Gasteiger partial charge is 0.387 e. The molecule has 1 fully saturated rings. The monoisotopic (exact) mass is 338 g/mol. The van der Waals surface area contributed by atoms with E-state index in [9.17, 15) is 8.78 Å². The molecule has 1 aliphatic heterocycles. The standard InChI is InChI=1S/C14H18Cl2F2N2O/c1-2-20-5-3-9(4-6-20)19-10-7-11(15)13(12(16)8-10)21-14(17)18/h7-9,14,19H,2-6H2,1H3. The number of anilines is 1. The second-order valence-corrected chi connectivity index (χ2v) is 5.81. The predicted octanol–water partition coefficient (Wildman–Crippen LogP) is 4.49. The van der Waals surface area contributed by atoms with Crippen molar-refractivity contribution in [2.24, 2.45) is 0 Å². The predicted molar refractivity (Wildman–Crippen MR) is 81.9 cm³/mol. The molecule has 0 aromatic heterocycles. The lowest BCUT2D eigenvalue weighted by atomic mass is 10.0. The number of likely N-dealkylation sites (tertiary alicyclic amines) is 1. The largest absolute Gasteiger partial charge is 0.432 e. The molecule has 2 rings (SSSR count). The summed E-state index contributed by atoms with van der Waals surface area (Å²) in [5.41, 5.74) is 0.724. The molecule has 21 heavy (non-hydrogen) atoms. The van der Waals surface area contributed by atoms with E-state index in [1.165, 1.54) is 0 Å². The van der Waals surface area contributed by atoms with Crippen LogP contribution in [0.5, 0.6) is 5.75 Å². The van der Waals surface area contributed by atoms with Gasteiger partial charge in [-0.3, -0.25) is 0 Å². The van der Waals surface area contributed by atoms with Crippen LogP contribution in [0.4, 0.5) is 14.5 Å². The summed E-state index contributed by atoms with van der Waals surface area (Å²) >= 11 is 11.9. The van der Waals surface area contributed by atoms with Gasteiger partial charge in [-0.2, -0.15) is 8.78 Å². The molecule has 0 spiro atoms. The molecule has 1 N–H and O–H groups in total. The van der Waals surface area contributed by atoms with Crippen LogP contribution in [-0.2, 0) is 0 Å². The summed E-state index contributed by atoms with van der Waals surface area (Å²) in [5.74, 6) is -0.181. The van der Waals surface area contributed by atoms with Crippen molar-refractivity contribution >= 4 is 28.9 Å². The Labute approximate surface area is 133 Å². The van der Waals surface area contributed by atoms with Crippen molar-refractivity contribution in [1.82, 2.24) is 4.90 Å². The molecule has 118 valence electrons. The molecule has 0 atom stereocenters. The van der Waals surface area contributed by atoms with Crippen LogP contribution in [0.25, 0.3) is 0 Å². The Morgan fingerprint density at radius 2 is 1.86 bits per heavy atom. The van der Waals surface area contributed by atoms with Gasteiger partial charge in [0.2, 0.25) is 0 Å². The van der Waals surface area contributed by atoms with E-state index in [4.69, 9.17) is 23.2 Å². The molecule has 1 aromatic rings. The number of piperidine rings is 1. The zero-order valence-electron chi connectivity index (χ0n) is 11.7. The fourth-order valence-electron chi connectivity index (χ4n) is 2.47. The van der Waals surface area contributed by atoms with Gasteiger partial charge in [0, 0.05) is 24.8 Å². The van der Waals surface area contributed by atoms with E-state index in [0.717, 1.165) is 38.2 Å². The van der Waals surface area contributed by atoms with Crippen molar-refractivity contribution in [2.45, 2.75) is 32.4 Å².